The summed E-state index contributed by atoms with van der Waals surface area (Å²) in [6, 6.07) is 5.53. The lowest BCUT2D eigenvalue weighted by Crippen LogP contribution is -2.10. The molecule has 0 aliphatic heterocycles. The minimum atomic E-state index is -0.357. The number of aryl methyl sites for hydroxylation is 1. The van der Waals surface area contributed by atoms with Crippen LogP contribution in [0.3, 0.4) is 0 Å². The van der Waals surface area contributed by atoms with Crippen LogP contribution in [0, 0.1) is 6.92 Å². The summed E-state index contributed by atoms with van der Waals surface area (Å²) in [5.74, 6) is 0.237. The van der Waals surface area contributed by atoms with Crippen molar-refractivity contribution in [1.82, 2.24) is 5.32 Å². The van der Waals surface area contributed by atoms with Crippen molar-refractivity contribution < 1.29 is 14.3 Å². The number of ether oxygens (including phenoxy) is 2. The first kappa shape index (κ1) is 14.5. The fourth-order valence-electron chi connectivity index (χ4n) is 1.63. The van der Waals surface area contributed by atoms with E-state index in [4.69, 9.17) is 9.47 Å². The van der Waals surface area contributed by atoms with E-state index >= 15 is 0 Å². The molecule has 4 heteroatoms. The second kappa shape index (κ2) is 7.71. The highest BCUT2D eigenvalue weighted by atomic mass is 16.5. The van der Waals surface area contributed by atoms with Gasteiger partial charge in [-0.3, -0.25) is 0 Å². The summed E-state index contributed by atoms with van der Waals surface area (Å²) in [4.78, 5) is 11.6. The van der Waals surface area contributed by atoms with Gasteiger partial charge in [0.2, 0.25) is 0 Å². The Balaban J connectivity index is 2.61. The highest BCUT2D eigenvalue weighted by molar-refractivity contribution is 5.92. The van der Waals surface area contributed by atoms with Crippen molar-refractivity contribution in [3.05, 3.63) is 29.3 Å². The summed E-state index contributed by atoms with van der Waals surface area (Å²) in [6.45, 7) is 3.51. The van der Waals surface area contributed by atoms with Crippen LogP contribution in [0.4, 0.5) is 0 Å². The van der Waals surface area contributed by atoms with Crippen molar-refractivity contribution in [3.8, 4) is 5.75 Å². The van der Waals surface area contributed by atoms with Gasteiger partial charge in [-0.25, -0.2) is 4.79 Å². The predicted octanol–water partition coefficient (Wildman–Crippen LogP) is 2.16. The standard InChI is InChI=1S/C14H21NO3/c1-11-6-7-13(12(10-11)14(16)17-3)18-9-5-4-8-15-2/h6-7,10,15H,4-5,8-9H2,1-3H3. The van der Waals surface area contributed by atoms with Crippen molar-refractivity contribution >= 4 is 5.97 Å². The normalized spacial score (nSPS) is 10.2. The number of unbranched alkanes of at least 4 members (excludes halogenated alkanes) is 1. The molecule has 1 N–H and O–H groups in total. The lowest BCUT2D eigenvalue weighted by atomic mass is 10.1. The number of methoxy groups -OCH3 is 1. The fraction of sp³-hybridized carbons (Fsp3) is 0.500. The molecule has 0 aromatic heterocycles. The molecule has 0 spiro atoms. The van der Waals surface area contributed by atoms with Crippen molar-refractivity contribution in [1.29, 1.82) is 0 Å². The molecule has 0 aliphatic carbocycles. The van der Waals surface area contributed by atoms with Crippen LogP contribution in [0.25, 0.3) is 0 Å². The minimum Gasteiger partial charge on any atom is -0.493 e. The van der Waals surface area contributed by atoms with Gasteiger partial charge in [-0.05, 0) is 45.5 Å². The average molecular weight is 251 g/mol. The molecule has 0 fully saturated rings. The molecule has 0 unspecified atom stereocenters. The molecule has 1 aromatic carbocycles. The van der Waals surface area contributed by atoms with Crippen molar-refractivity contribution in [3.63, 3.8) is 0 Å². The van der Waals surface area contributed by atoms with E-state index in [1.807, 2.05) is 26.1 Å². The third-order valence-corrected chi connectivity index (χ3v) is 2.62. The van der Waals surface area contributed by atoms with Gasteiger partial charge in [-0.15, -0.1) is 0 Å². The van der Waals surface area contributed by atoms with Gasteiger partial charge in [0, 0.05) is 0 Å². The van der Waals surface area contributed by atoms with Gasteiger partial charge in [0.15, 0.2) is 0 Å². The maximum absolute atomic E-state index is 11.6. The zero-order valence-electron chi connectivity index (χ0n) is 11.3. The molecule has 0 amide bonds. The van der Waals surface area contributed by atoms with Crippen molar-refractivity contribution in [2.24, 2.45) is 0 Å². The highest BCUT2D eigenvalue weighted by Crippen LogP contribution is 2.21. The number of rotatable bonds is 7. The van der Waals surface area contributed by atoms with Crippen LogP contribution in [0.1, 0.15) is 28.8 Å². The van der Waals surface area contributed by atoms with Crippen LogP contribution < -0.4 is 10.1 Å². The quantitative estimate of drug-likeness (QED) is 0.596. The summed E-state index contributed by atoms with van der Waals surface area (Å²) in [5, 5.41) is 3.08. The van der Waals surface area contributed by atoms with Crippen LogP contribution in [-0.4, -0.2) is 33.3 Å². The Morgan fingerprint density at radius 1 is 1.33 bits per heavy atom. The van der Waals surface area contributed by atoms with Crippen molar-refractivity contribution in [2.45, 2.75) is 19.8 Å². The Hall–Kier alpha value is -1.55. The molecule has 0 radical (unpaired) electrons. The Morgan fingerprint density at radius 3 is 2.78 bits per heavy atom. The first-order chi connectivity index (χ1) is 8.69. The number of benzene rings is 1. The van der Waals surface area contributed by atoms with Gasteiger partial charge in [-0.1, -0.05) is 11.6 Å². The van der Waals surface area contributed by atoms with E-state index in [0.717, 1.165) is 24.9 Å². The average Bonchev–Trinajstić information content (AvgIpc) is 2.39. The van der Waals surface area contributed by atoms with Gasteiger partial charge < -0.3 is 14.8 Å². The first-order valence-electron chi connectivity index (χ1n) is 6.15. The van der Waals surface area contributed by atoms with Gasteiger partial charge >= 0.3 is 5.97 Å². The lowest BCUT2D eigenvalue weighted by molar-refractivity contribution is 0.0596. The van der Waals surface area contributed by atoms with E-state index < -0.39 is 0 Å². The minimum absolute atomic E-state index is 0.357. The molecule has 0 heterocycles. The second-order valence-electron chi connectivity index (χ2n) is 4.15. The molecule has 100 valence electrons. The highest BCUT2D eigenvalue weighted by Gasteiger charge is 2.12. The van der Waals surface area contributed by atoms with E-state index in [-0.39, 0.29) is 5.97 Å². The lowest BCUT2D eigenvalue weighted by Gasteiger charge is -2.11. The number of carbonyl (C=O) groups excluding carboxylic acids is 1. The number of carbonyl (C=O) groups is 1. The van der Waals surface area contributed by atoms with Crippen LogP contribution >= 0.6 is 0 Å². The van der Waals surface area contributed by atoms with E-state index in [0.29, 0.717) is 17.9 Å². The number of hydrogen-bond donors (Lipinski definition) is 1. The molecular formula is C14H21NO3. The van der Waals surface area contributed by atoms with Crippen LogP contribution in [0.2, 0.25) is 0 Å². The van der Waals surface area contributed by atoms with Gasteiger partial charge in [-0.2, -0.15) is 0 Å². The summed E-state index contributed by atoms with van der Waals surface area (Å²) >= 11 is 0. The van der Waals surface area contributed by atoms with E-state index in [1.165, 1.54) is 7.11 Å². The Morgan fingerprint density at radius 2 is 2.11 bits per heavy atom. The zero-order valence-corrected chi connectivity index (χ0v) is 11.3. The molecule has 1 rings (SSSR count). The third kappa shape index (κ3) is 4.37. The Labute approximate surface area is 108 Å². The summed E-state index contributed by atoms with van der Waals surface area (Å²) in [7, 11) is 3.30. The molecule has 0 atom stereocenters. The second-order valence-corrected chi connectivity index (χ2v) is 4.15. The topological polar surface area (TPSA) is 47.6 Å². The van der Waals surface area contributed by atoms with E-state index in [2.05, 4.69) is 5.32 Å². The number of hydrogen-bond acceptors (Lipinski definition) is 4. The van der Waals surface area contributed by atoms with Gasteiger partial charge in [0.25, 0.3) is 0 Å². The molecular weight excluding hydrogens is 230 g/mol. The molecule has 0 saturated heterocycles. The van der Waals surface area contributed by atoms with Gasteiger partial charge in [0.05, 0.1) is 13.7 Å². The molecule has 0 aliphatic rings. The molecule has 0 bridgehead atoms. The monoisotopic (exact) mass is 251 g/mol. The Kier molecular flexibility index (Phi) is 6.22. The maximum Gasteiger partial charge on any atom is 0.341 e. The summed E-state index contributed by atoms with van der Waals surface area (Å²) in [6.07, 6.45) is 2.01. The largest absolute Gasteiger partial charge is 0.493 e. The maximum atomic E-state index is 11.6. The van der Waals surface area contributed by atoms with E-state index in [9.17, 15) is 4.79 Å². The van der Waals surface area contributed by atoms with E-state index in [1.54, 1.807) is 6.07 Å². The molecule has 4 nitrogen and oxygen atoms in total. The van der Waals surface area contributed by atoms with Crippen LogP contribution in [0.5, 0.6) is 5.75 Å². The van der Waals surface area contributed by atoms with Crippen molar-refractivity contribution in [2.75, 3.05) is 27.3 Å². The number of nitrogens with one attached hydrogen (secondary N) is 1. The first-order valence-corrected chi connectivity index (χ1v) is 6.15. The summed E-state index contributed by atoms with van der Waals surface area (Å²) in [5.41, 5.74) is 1.50. The molecule has 0 saturated carbocycles. The molecule has 18 heavy (non-hydrogen) atoms. The molecule has 1 aromatic rings. The smallest absolute Gasteiger partial charge is 0.341 e. The third-order valence-electron chi connectivity index (χ3n) is 2.62. The Bertz CT molecular complexity index is 391. The SMILES string of the molecule is CNCCCCOc1ccc(C)cc1C(=O)OC. The predicted molar refractivity (Wildman–Crippen MR) is 71.2 cm³/mol. The van der Waals surface area contributed by atoms with Gasteiger partial charge in [0.1, 0.15) is 11.3 Å². The fourth-order valence-corrected chi connectivity index (χ4v) is 1.63. The zero-order chi connectivity index (χ0) is 13.4. The van der Waals surface area contributed by atoms with Crippen LogP contribution in [0.15, 0.2) is 18.2 Å². The number of esters is 1. The van der Waals surface area contributed by atoms with Crippen LogP contribution in [-0.2, 0) is 4.74 Å². The summed E-state index contributed by atoms with van der Waals surface area (Å²) < 4.78 is 10.4.